The van der Waals surface area contributed by atoms with Gasteiger partial charge >= 0.3 is 6.09 Å². The topological polar surface area (TPSA) is 63.5 Å². The number of aryl methyl sites for hydroxylation is 1. The Morgan fingerprint density at radius 1 is 1.29 bits per heavy atom. The van der Waals surface area contributed by atoms with Crippen LogP contribution < -0.4 is 4.90 Å². The number of halogens is 1. The van der Waals surface area contributed by atoms with Crippen molar-refractivity contribution >= 4 is 53.3 Å². The summed E-state index contributed by atoms with van der Waals surface area (Å²) in [5.74, 6) is 0.937. The molecule has 2 aromatic rings. The number of hydrogen-bond donors (Lipinski definition) is 0. The lowest BCUT2D eigenvalue weighted by molar-refractivity contribution is 0.0159. The van der Waals surface area contributed by atoms with E-state index in [-0.39, 0.29) is 12.1 Å². The molecule has 1 aliphatic rings. The normalized spacial score (nSPS) is 17.4. The lowest BCUT2D eigenvalue weighted by atomic mass is 10.1. The highest BCUT2D eigenvalue weighted by Gasteiger charge is 2.32. The largest absolute Gasteiger partial charge is 0.444 e. The van der Waals surface area contributed by atoms with Crippen molar-refractivity contribution in [3.63, 3.8) is 0 Å². The molecule has 9 heteroatoms. The SMILES string of the molecule is CC.Cc1cn(SI)c2ncnc(N3CCN(C(=O)OC(C)(C)C)C(C)C3)c12. The van der Waals surface area contributed by atoms with E-state index in [2.05, 4.69) is 53.2 Å². The molecule has 1 saturated heterocycles. The van der Waals surface area contributed by atoms with Crippen LogP contribution in [0.1, 0.15) is 47.1 Å². The average molecular weight is 519 g/mol. The first-order valence-electron chi connectivity index (χ1n) is 9.57. The zero-order valence-corrected chi connectivity index (χ0v) is 20.7. The van der Waals surface area contributed by atoms with Gasteiger partial charge in [0.05, 0.1) is 5.39 Å². The van der Waals surface area contributed by atoms with Crippen molar-refractivity contribution in [1.82, 2.24) is 18.8 Å². The van der Waals surface area contributed by atoms with Crippen LogP contribution in [0.5, 0.6) is 0 Å². The van der Waals surface area contributed by atoms with Gasteiger partial charge in [0.1, 0.15) is 17.7 Å². The van der Waals surface area contributed by atoms with Gasteiger partial charge in [-0.25, -0.2) is 14.8 Å². The maximum Gasteiger partial charge on any atom is 0.410 e. The highest BCUT2D eigenvalue weighted by molar-refractivity contribution is 14.2. The van der Waals surface area contributed by atoms with Crippen LogP contribution in [0.3, 0.4) is 0 Å². The van der Waals surface area contributed by atoms with Gasteiger partial charge in [-0.15, -0.1) is 0 Å². The number of ether oxygens (including phenoxy) is 1. The fraction of sp³-hybridized carbons (Fsp3) is 0.632. The van der Waals surface area contributed by atoms with E-state index in [1.165, 1.54) is 0 Å². The molecule has 0 N–H and O–H groups in total. The molecule has 0 aromatic carbocycles. The summed E-state index contributed by atoms with van der Waals surface area (Å²) < 4.78 is 7.58. The third kappa shape index (κ3) is 5.03. The fourth-order valence-electron chi connectivity index (χ4n) is 3.22. The minimum atomic E-state index is -0.482. The average Bonchev–Trinajstić information content (AvgIpc) is 2.98. The van der Waals surface area contributed by atoms with Gasteiger partial charge in [-0.2, -0.15) is 0 Å². The van der Waals surface area contributed by atoms with Crippen molar-refractivity contribution in [2.45, 2.75) is 60.1 Å². The van der Waals surface area contributed by atoms with Crippen molar-refractivity contribution in [3.8, 4) is 0 Å². The van der Waals surface area contributed by atoms with E-state index in [0.29, 0.717) is 13.1 Å². The van der Waals surface area contributed by atoms with Gasteiger partial charge in [-0.3, -0.25) is 3.97 Å². The number of aromatic nitrogens is 3. The Labute approximate surface area is 183 Å². The van der Waals surface area contributed by atoms with Crippen LogP contribution >= 0.6 is 30.3 Å². The van der Waals surface area contributed by atoms with Crippen molar-refractivity contribution < 1.29 is 9.53 Å². The second-order valence-electron chi connectivity index (χ2n) is 7.57. The number of piperazine rings is 1. The summed E-state index contributed by atoms with van der Waals surface area (Å²) in [4.78, 5) is 25.5. The number of nitrogens with zero attached hydrogens (tertiary/aromatic N) is 5. The highest BCUT2D eigenvalue weighted by Crippen LogP contribution is 2.32. The molecule has 0 bridgehead atoms. The van der Waals surface area contributed by atoms with Gasteiger partial charge in [0.2, 0.25) is 0 Å². The quantitative estimate of drug-likeness (QED) is 0.517. The third-order valence-corrected chi connectivity index (χ3v) is 6.05. The van der Waals surface area contributed by atoms with Crippen LogP contribution in [-0.2, 0) is 4.74 Å². The molecule has 1 atom stereocenters. The van der Waals surface area contributed by atoms with E-state index in [4.69, 9.17) is 4.74 Å². The molecule has 0 radical (unpaired) electrons. The Kier molecular flexibility index (Phi) is 7.83. The zero-order chi connectivity index (χ0) is 21.1. The minimum Gasteiger partial charge on any atom is -0.444 e. The molecule has 0 aliphatic carbocycles. The van der Waals surface area contributed by atoms with Gasteiger partial charge in [0.25, 0.3) is 0 Å². The number of carbonyl (C=O) groups is 1. The lowest BCUT2D eigenvalue weighted by Gasteiger charge is -2.40. The number of fused-ring (bicyclic) bond motifs is 1. The van der Waals surface area contributed by atoms with Crippen molar-refractivity contribution in [3.05, 3.63) is 18.1 Å². The first kappa shape index (κ1) is 23.1. The number of carbonyl (C=O) groups excluding carboxylic acids is 1. The first-order valence-corrected chi connectivity index (χ1v) is 12.9. The van der Waals surface area contributed by atoms with Gasteiger partial charge in [-0.1, -0.05) is 13.8 Å². The highest BCUT2D eigenvalue weighted by atomic mass is 127. The third-order valence-electron chi connectivity index (χ3n) is 4.35. The number of rotatable bonds is 2. The standard InChI is InChI=1S/C17H24IN5O2S.C2H6/c1-11-8-23(26-18)15-13(11)14(19-10-20-15)21-6-7-22(12(2)9-21)16(24)25-17(3,4)5;1-2/h8,10,12H,6-7,9H2,1-5H3;1-2H3. The van der Waals surface area contributed by atoms with Crippen molar-refractivity contribution in [2.75, 3.05) is 24.5 Å². The predicted molar refractivity (Wildman–Crippen MR) is 125 cm³/mol. The van der Waals surface area contributed by atoms with Crippen LogP contribution in [-0.4, -0.2) is 56.2 Å². The Morgan fingerprint density at radius 2 is 1.96 bits per heavy atom. The molecule has 156 valence electrons. The molecule has 3 heterocycles. The minimum absolute atomic E-state index is 0.0463. The predicted octanol–water partition coefficient (Wildman–Crippen LogP) is 5.06. The summed E-state index contributed by atoms with van der Waals surface area (Å²) in [6.45, 7) is 15.9. The Hall–Kier alpha value is -1.23. The molecule has 1 aliphatic heterocycles. The second kappa shape index (κ2) is 9.51. The Bertz CT molecular complexity index is 820. The van der Waals surface area contributed by atoms with E-state index in [1.807, 2.05) is 41.5 Å². The molecule has 1 unspecified atom stereocenters. The fourth-order valence-corrected chi connectivity index (χ4v) is 4.53. The van der Waals surface area contributed by atoms with Crippen molar-refractivity contribution in [1.29, 1.82) is 0 Å². The molecule has 28 heavy (non-hydrogen) atoms. The summed E-state index contributed by atoms with van der Waals surface area (Å²) in [6, 6.07) is 0.0463. The number of hydrogen-bond acceptors (Lipinski definition) is 6. The monoisotopic (exact) mass is 519 g/mol. The second-order valence-corrected chi connectivity index (χ2v) is 9.28. The molecular formula is C19H30IN5O2S. The molecule has 0 saturated carbocycles. The summed E-state index contributed by atoms with van der Waals surface area (Å²) in [6.07, 6.45) is 3.45. The molecule has 1 amide bonds. The maximum atomic E-state index is 12.4. The molecule has 1 fully saturated rings. The van der Waals surface area contributed by atoms with E-state index in [0.717, 1.165) is 29.0 Å². The van der Waals surface area contributed by atoms with E-state index in [9.17, 15) is 4.79 Å². The summed E-state index contributed by atoms with van der Waals surface area (Å²) in [5, 5.41) is 1.08. The van der Waals surface area contributed by atoms with E-state index >= 15 is 0 Å². The zero-order valence-electron chi connectivity index (χ0n) is 17.7. The molecule has 2 aromatic heterocycles. The maximum absolute atomic E-state index is 12.4. The molecule has 0 spiro atoms. The summed E-state index contributed by atoms with van der Waals surface area (Å²) >= 11 is 2.25. The Balaban J connectivity index is 0.00000136. The van der Waals surface area contributed by atoms with Gasteiger partial charge in [-0.05, 0) is 40.2 Å². The van der Waals surface area contributed by atoms with Gasteiger partial charge in [0.15, 0.2) is 5.65 Å². The molecule has 7 nitrogen and oxygen atoms in total. The van der Waals surface area contributed by atoms with Crippen LogP contribution in [0.4, 0.5) is 10.6 Å². The van der Waals surface area contributed by atoms with Crippen LogP contribution in [0.25, 0.3) is 11.0 Å². The number of amides is 1. The first-order chi connectivity index (χ1) is 13.2. The van der Waals surface area contributed by atoms with Crippen LogP contribution in [0, 0.1) is 6.92 Å². The van der Waals surface area contributed by atoms with Gasteiger partial charge in [0, 0.05) is 62.2 Å². The smallest absolute Gasteiger partial charge is 0.410 e. The Morgan fingerprint density at radius 3 is 2.54 bits per heavy atom. The summed E-state index contributed by atoms with van der Waals surface area (Å²) in [7, 11) is 1.59. The molecular weight excluding hydrogens is 489 g/mol. The van der Waals surface area contributed by atoms with Crippen LogP contribution in [0.2, 0.25) is 0 Å². The van der Waals surface area contributed by atoms with Crippen LogP contribution in [0.15, 0.2) is 12.5 Å². The molecule has 3 rings (SSSR count). The number of anilines is 1. The lowest BCUT2D eigenvalue weighted by Crippen LogP contribution is -2.55. The van der Waals surface area contributed by atoms with E-state index < -0.39 is 5.60 Å². The van der Waals surface area contributed by atoms with Gasteiger partial charge < -0.3 is 14.5 Å². The summed E-state index contributed by atoms with van der Waals surface area (Å²) in [5.41, 5.74) is 1.60. The van der Waals surface area contributed by atoms with Crippen molar-refractivity contribution in [2.24, 2.45) is 0 Å². The van der Waals surface area contributed by atoms with E-state index in [1.54, 1.807) is 20.3 Å².